The molecule has 1 aliphatic rings. The van der Waals surface area contributed by atoms with Gasteiger partial charge >= 0.3 is 0 Å². The molecule has 0 amide bonds. The topological polar surface area (TPSA) is 38.0 Å². The summed E-state index contributed by atoms with van der Waals surface area (Å²) in [6.45, 7) is 1.98. The summed E-state index contributed by atoms with van der Waals surface area (Å²) in [5.74, 6) is 0.103. The fourth-order valence-corrected chi connectivity index (χ4v) is 2.47. The van der Waals surface area contributed by atoms with Crippen LogP contribution in [0.15, 0.2) is 18.2 Å². The van der Waals surface area contributed by atoms with Crippen LogP contribution in [0.1, 0.15) is 24.4 Å². The van der Waals surface area contributed by atoms with Gasteiger partial charge in [0.2, 0.25) is 0 Å². The molecule has 17 heavy (non-hydrogen) atoms. The van der Waals surface area contributed by atoms with E-state index in [1.807, 2.05) is 0 Å². The van der Waals surface area contributed by atoms with Gasteiger partial charge in [0.05, 0.1) is 0 Å². The van der Waals surface area contributed by atoms with Gasteiger partial charge in [-0.25, -0.2) is 4.39 Å². The molecule has 96 valence electrons. The molecule has 3 N–H and O–H groups in total. The zero-order valence-corrected chi connectivity index (χ0v) is 11.0. The summed E-state index contributed by atoms with van der Waals surface area (Å²) in [5, 5.41) is 3.70. The normalized spacial score (nSPS) is 18.5. The van der Waals surface area contributed by atoms with Crippen molar-refractivity contribution in [2.45, 2.75) is 18.9 Å². The number of halogens is 3. The molecule has 0 aliphatic carbocycles. The number of hydrogen-bond donors (Lipinski definition) is 2. The van der Waals surface area contributed by atoms with Gasteiger partial charge in [-0.1, -0.05) is 11.6 Å². The number of rotatable bonds is 2. The zero-order chi connectivity index (χ0) is 11.5. The highest BCUT2D eigenvalue weighted by molar-refractivity contribution is 6.30. The number of nitrogens with one attached hydrogen (secondary N) is 1. The maximum absolute atomic E-state index is 13.2. The van der Waals surface area contributed by atoms with Crippen LogP contribution >= 0.6 is 24.0 Å². The third kappa shape index (κ3) is 3.81. The van der Waals surface area contributed by atoms with Gasteiger partial charge in [-0.2, -0.15) is 0 Å². The Labute approximate surface area is 112 Å². The molecule has 1 heterocycles. The minimum Gasteiger partial charge on any atom is -0.324 e. The maximum atomic E-state index is 13.2. The van der Waals surface area contributed by atoms with Crippen molar-refractivity contribution < 1.29 is 4.39 Å². The van der Waals surface area contributed by atoms with Crippen LogP contribution < -0.4 is 11.1 Å². The predicted octanol–water partition coefficient (Wildman–Crippen LogP) is 2.90. The Morgan fingerprint density at radius 3 is 2.53 bits per heavy atom. The molecule has 2 nitrogen and oxygen atoms in total. The summed E-state index contributed by atoms with van der Waals surface area (Å²) in [6.07, 6.45) is 2.07. The molecule has 1 aromatic rings. The Hall–Kier alpha value is -0.350. The summed E-state index contributed by atoms with van der Waals surface area (Å²) >= 11 is 5.83. The predicted molar refractivity (Wildman–Crippen MR) is 71.2 cm³/mol. The smallest absolute Gasteiger partial charge is 0.125 e. The fourth-order valence-electron chi connectivity index (χ4n) is 2.24. The van der Waals surface area contributed by atoms with E-state index in [-0.39, 0.29) is 24.3 Å². The van der Waals surface area contributed by atoms with Crippen LogP contribution in [0.3, 0.4) is 0 Å². The Morgan fingerprint density at radius 2 is 1.94 bits per heavy atom. The molecule has 1 atom stereocenters. The third-order valence-corrected chi connectivity index (χ3v) is 3.38. The van der Waals surface area contributed by atoms with Crippen LogP contribution in [0.5, 0.6) is 0 Å². The second-order valence-electron chi connectivity index (χ2n) is 4.32. The summed E-state index contributed by atoms with van der Waals surface area (Å²) in [4.78, 5) is 0. The second-order valence-corrected chi connectivity index (χ2v) is 4.75. The minimum atomic E-state index is -0.313. The first-order chi connectivity index (χ1) is 7.66. The summed E-state index contributed by atoms with van der Waals surface area (Å²) < 4.78 is 13.2. The fraction of sp³-hybridized carbons (Fsp3) is 0.500. The van der Waals surface area contributed by atoms with E-state index in [0.717, 1.165) is 31.5 Å². The van der Waals surface area contributed by atoms with Crippen LogP contribution in [0, 0.1) is 11.7 Å². The molecule has 0 unspecified atom stereocenters. The highest BCUT2D eigenvalue weighted by Gasteiger charge is 2.22. The zero-order valence-electron chi connectivity index (χ0n) is 9.46. The molecule has 5 heteroatoms. The van der Waals surface area contributed by atoms with Crippen molar-refractivity contribution in [3.05, 3.63) is 34.6 Å². The Kier molecular flexibility index (Phi) is 5.67. The molecule has 1 aromatic carbocycles. The molecule has 1 saturated heterocycles. The Bertz CT molecular complexity index is 347. The van der Waals surface area contributed by atoms with E-state index >= 15 is 0 Å². The van der Waals surface area contributed by atoms with Crippen molar-refractivity contribution in [3.8, 4) is 0 Å². The number of piperidine rings is 1. The second kappa shape index (κ2) is 6.55. The van der Waals surface area contributed by atoms with E-state index in [1.54, 1.807) is 6.07 Å². The molecule has 1 aliphatic heterocycles. The highest BCUT2D eigenvalue weighted by Crippen LogP contribution is 2.28. The van der Waals surface area contributed by atoms with Crippen LogP contribution in [0.2, 0.25) is 5.02 Å². The summed E-state index contributed by atoms with van der Waals surface area (Å²) in [6, 6.07) is 4.44. The average molecular weight is 279 g/mol. The standard InChI is InChI=1S/C12H16ClFN2.ClH/c13-10-5-9(6-11(14)7-10)12(15)8-1-3-16-4-2-8;/h5-8,12,16H,1-4,15H2;1H/t12-;/m1./s1. The SMILES string of the molecule is Cl.N[C@@H](c1cc(F)cc(Cl)c1)C1CCNCC1. The lowest BCUT2D eigenvalue weighted by Crippen LogP contribution is -2.33. The average Bonchev–Trinajstić information content (AvgIpc) is 2.28. The monoisotopic (exact) mass is 278 g/mol. The van der Waals surface area contributed by atoms with Crippen molar-refractivity contribution >= 4 is 24.0 Å². The molecular weight excluding hydrogens is 262 g/mol. The van der Waals surface area contributed by atoms with E-state index in [0.29, 0.717) is 10.9 Å². The summed E-state index contributed by atoms with van der Waals surface area (Å²) in [7, 11) is 0. The molecule has 1 fully saturated rings. The van der Waals surface area contributed by atoms with Gasteiger partial charge in [0.25, 0.3) is 0 Å². The lowest BCUT2D eigenvalue weighted by atomic mass is 9.86. The van der Waals surface area contributed by atoms with Crippen molar-refractivity contribution in [1.82, 2.24) is 5.32 Å². The maximum Gasteiger partial charge on any atom is 0.125 e. The van der Waals surface area contributed by atoms with E-state index < -0.39 is 0 Å². The number of nitrogens with two attached hydrogens (primary N) is 1. The van der Waals surface area contributed by atoms with E-state index in [4.69, 9.17) is 17.3 Å². The van der Waals surface area contributed by atoms with E-state index in [1.165, 1.54) is 12.1 Å². The number of hydrogen-bond acceptors (Lipinski definition) is 2. The molecular formula is C12H17Cl2FN2. The summed E-state index contributed by atoms with van der Waals surface area (Å²) in [5.41, 5.74) is 6.96. The molecule has 0 saturated carbocycles. The van der Waals surface area contributed by atoms with Gasteiger partial charge in [0, 0.05) is 11.1 Å². The van der Waals surface area contributed by atoms with Gasteiger partial charge in [-0.05, 0) is 55.6 Å². The highest BCUT2D eigenvalue weighted by atomic mass is 35.5. The van der Waals surface area contributed by atoms with Crippen molar-refractivity contribution in [2.24, 2.45) is 11.7 Å². The van der Waals surface area contributed by atoms with Gasteiger partial charge < -0.3 is 11.1 Å². The van der Waals surface area contributed by atoms with Crippen LogP contribution in [0.25, 0.3) is 0 Å². The minimum absolute atomic E-state index is 0. The molecule has 0 bridgehead atoms. The molecule has 0 aromatic heterocycles. The molecule has 0 spiro atoms. The van der Waals surface area contributed by atoms with Gasteiger partial charge in [0.1, 0.15) is 5.82 Å². The van der Waals surface area contributed by atoms with E-state index in [2.05, 4.69) is 5.32 Å². The van der Waals surface area contributed by atoms with Crippen molar-refractivity contribution in [2.75, 3.05) is 13.1 Å². The van der Waals surface area contributed by atoms with Gasteiger partial charge in [0.15, 0.2) is 0 Å². The third-order valence-electron chi connectivity index (χ3n) is 3.16. The van der Waals surface area contributed by atoms with Gasteiger partial charge in [-0.15, -0.1) is 12.4 Å². The first-order valence-electron chi connectivity index (χ1n) is 5.59. The first-order valence-corrected chi connectivity index (χ1v) is 5.97. The van der Waals surface area contributed by atoms with Crippen LogP contribution in [-0.2, 0) is 0 Å². The van der Waals surface area contributed by atoms with E-state index in [9.17, 15) is 4.39 Å². The van der Waals surface area contributed by atoms with Gasteiger partial charge in [-0.3, -0.25) is 0 Å². The van der Waals surface area contributed by atoms with Crippen molar-refractivity contribution in [1.29, 1.82) is 0 Å². The quantitative estimate of drug-likeness (QED) is 0.873. The number of benzene rings is 1. The molecule has 2 rings (SSSR count). The first kappa shape index (κ1) is 14.7. The Morgan fingerprint density at radius 1 is 1.29 bits per heavy atom. The van der Waals surface area contributed by atoms with Crippen LogP contribution in [0.4, 0.5) is 4.39 Å². The Balaban J connectivity index is 0.00000144. The largest absolute Gasteiger partial charge is 0.324 e. The van der Waals surface area contributed by atoms with Crippen LogP contribution in [-0.4, -0.2) is 13.1 Å². The van der Waals surface area contributed by atoms with Crippen molar-refractivity contribution in [3.63, 3.8) is 0 Å². The lowest BCUT2D eigenvalue weighted by molar-refractivity contribution is 0.321. The molecule has 0 radical (unpaired) electrons. The lowest BCUT2D eigenvalue weighted by Gasteiger charge is -2.28.